The number of hydrogen-bond acceptors (Lipinski definition) is 2. The lowest BCUT2D eigenvalue weighted by Crippen LogP contribution is -2.50. The van der Waals surface area contributed by atoms with Gasteiger partial charge in [-0.1, -0.05) is 6.92 Å². The highest BCUT2D eigenvalue weighted by atomic mass is 31.0. The minimum atomic E-state index is 0.260. The van der Waals surface area contributed by atoms with Gasteiger partial charge < -0.3 is 9.80 Å². The van der Waals surface area contributed by atoms with Crippen molar-refractivity contribution in [3.8, 4) is 0 Å². The average molecular weight is 284 g/mol. The van der Waals surface area contributed by atoms with Gasteiger partial charge in [0.25, 0.3) is 0 Å². The monoisotopic (exact) mass is 284 g/mol. The standard InChI is InChI=1S/C15H29N2OP/c1-11(2)17-9-6-14(12(3)10-17)15(18)16-7-4-13(19)5-8-16/h11-14H,4-10,19H2,1-3H3. The molecule has 2 fully saturated rings. The van der Waals surface area contributed by atoms with Crippen LogP contribution >= 0.6 is 9.24 Å². The normalized spacial score (nSPS) is 30.9. The zero-order valence-electron chi connectivity index (χ0n) is 12.6. The first-order chi connectivity index (χ1) is 8.99. The highest BCUT2D eigenvalue weighted by Crippen LogP contribution is 2.28. The molecule has 110 valence electrons. The van der Waals surface area contributed by atoms with E-state index >= 15 is 0 Å². The number of carbonyl (C=O) groups excluding carboxylic acids is 1. The number of rotatable bonds is 2. The lowest BCUT2D eigenvalue weighted by Gasteiger charge is -2.41. The van der Waals surface area contributed by atoms with Crippen LogP contribution in [0.4, 0.5) is 0 Å². The molecule has 2 heterocycles. The van der Waals surface area contributed by atoms with Crippen LogP contribution in [0.15, 0.2) is 0 Å². The molecule has 0 aliphatic carbocycles. The predicted octanol–water partition coefficient (Wildman–Crippen LogP) is 2.22. The third kappa shape index (κ3) is 3.70. The second kappa shape index (κ2) is 6.54. The summed E-state index contributed by atoms with van der Waals surface area (Å²) in [5.74, 6) is 1.18. The van der Waals surface area contributed by atoms with Crippen molar-refractivity contribution in [1.82, 2.24) is 9.80 Å². The zero-order chi connectivity index (χ0) is 14.0. The number of likely N-dealkylation sites (tertiary alicyclic amines) is 2. The van der Waals surface area contributed by atoms with Gasteiger partial charge in [0.2, 0.25) is 5.91 Å². The van der Waals surface area contributed by atoms with Gasteiger partial charge in [0.05, 0.1) is 0 Å². The molecule has 2 rings (SSSR count). The largest absolute Gasteiger partial charge is 0.342 e. The van der Waals surface area contributed by atoms with Crippen LogP contribution in [0.3, 0.4) is 0 Å². The summed E-state index contributed by atoms with van der Waals surface area (Å²) in [4.78, 5) is 17.3. The first-order valence-electron chi connectivity index (χ1n) is 7.77. The summed E-state index contributed by atoms with van der Waals surface area (Å²) in [5, 5.41) is 0. The van der Waals surface area contributed by atoms with Crippen LogP contribution in [0, 0.1) is 11.8 Å². The molecule has 0 aromatic rings. The van der Waals surface area contributed by atoms with E-state index < -0.39 is 0 Å². The summed E-state index contributed by atoms with van der Waals surface area (Å²) >= 11 is 0. The molecule has 2 aliphatic rings. The fraction of sp³-hybridized carbons (Fsp3) is 0.933. The van der Waals surface area contributed by atoms with Crippen LogP contribution < -0.4 is 0 Å². The molecule has 0 radical (unpaired) electrons. The molecule has 0 aromatic carbocycles. The number of hydrogen-bond donors (Lipinski definition) is 0. The Morgan fingerprint density at radius 2 is 1.79 bits per heavy atom. The smallest absolute Gasteiger partial charge is 0.226 e. The Balaban J connectivity index is 1.90. The molecule has 3 nitrogen and oxygen atoms in total. The van der Waals surface area contributed by atoms with Crippen molar-refractivity contribution in [1.29, 1.82) is 0 Å². The summed E-state index contributed by atoms with van der Waals surface area (Å²) < 4.78 is 0. The second-order valence-corrected chi connectivity index (χ2v) is 7.57. The number of piperidine rings is 2. The topological polar surface area (TPSA) is 23.6 Å². The Labute approximate surface area is 120 Å². The van der Waals surface area contributed by atoms with E-state index in [1.165, 1.54) is 0 Å². The van der Waals surface area contributed by atoms with Crippen molar-refractivity contribution in [3.05, 3.63) is 0 Å². The quantitative estimate of drug-likeness (QED) is 0.726. The van der Waals surface area contributed by atoms with E-state index in [4.69, 9.17) is 0 Å². The highest BCUT2D eigenvalue weighted by molar-refractivity contribution is 7.17. The van der Waals surface area contributed by atoms with E-state index in [0.717, 1.165) is 45.4 Å². The molecule has 19 heavy (non-hydrogen) atoms. The minimum Gasteiger partial charge on any atom is -0.342 e. The molecule has 3 unspecified atom stereocenters. The van der Waals surface area contributed by atoms with Gasteiger partial charge in [0.1, 0.15) is 0 Å². The third-order valence-electron chi connectivity index (χ3n) is 4.84. The molecule has 0 N–H and O–H groups in total. The van der Waals surface area contributed by atoms with Gasteiger partial charge in [-0.25, -0.2) is 0 Å². The van der Waals surface area contributed by atoms with Gasteiger partial charge in [-0.15, -0.1) is 9.24 Å². The van der Waals surface area contributed by atoms with Gasteiger partial charge in [-0.05, 0) is 51.2 Å². The molecule has 1 amide bonds. The number of amides is 1. The van der Waals surface area contributed by atoms with Crippen LogP contribution in [0.2, 0.25) is 0 Å². The predicted molar refractivity (Wildman–Crippen MR) is 83.3 cm³/mol. The molecule has 0 aromatic heterocycles. The summed E-state index contributed by atoms with van der Waals surface area (Å²) in [7, 11) is 2.90. The van der Waals surface area contributed by atoms with Crippen LogP contribution in [-0.2, 0) is 4.79 Å². The van der Waals surface area contributed by atoms with Crippen LogP contribution in [0.5, 0.6) is 0 Å². The highest BCUT2D eigenvalue weighted by Gasteiger charge is 2.35. The second-order valence-electron chi connectivity index (χ2n) is 6.62. The van der Waals surface area contributed by atoms with Gasteiger partial charge in [0.15, 0.2) is 0 Å². The van der Waals surface area contributed by atoms with Gasteiger partial charge in [-0.2, -0.15) is 0 Å². The van der Waals surface area contributed by atoms with E-state index in [9.17, 15) is 4.79 Å². The first kappa shape index (κ1) is 15.3. The van der Waals surface area contributed by atoms with E-state index in [0.29, 0.717) is 23.5 Å². The van der Waals surface area contributed by atoms with E-state index in [2.05, 4.69) is 39.8 Å². The summed E-state index contributed by atoms with van der Waals surface area (Å²) in [6.45, 7) is 10.8. The lowest BCUT2D eigenvalue weighted by molar-refractivity contribution is -0.140. The molecule has 0 spiro atoms. The summed E-state index contributed by atoms with van der Waals surface area (Å²) in [6, 6.07) is 0.603. The Bertz CT molecular complexity index is 313. The van der Waals surface area contributed by atoms with Crippen molar-refractivity contribution in [2.45, 2.75) is 51.7 Å². The van der Waals surface area contributed by atoms with E-state index in [1.54, 1.807) is 0 Å². The molecule has 2 aliphatic heterocycles. The van der Waals surface area contributed by atoms with E-state index in [1.807, 2.05) is 0 Å². The number of nitrogens with zero attached hydrogens (tertiary/aromatic N) is 2. The Kier molecular flexibility index (Phi) is 5.25. The SMILES string of the molecule is CC1CN(C(C)C)CCC1C(=O)N1CCC(P)CC1. The van der Waals surface area contributed by atoms with Crippen molar-refractivity contribution >= 4 is 15.1 Å². The van der Waals surface area contributed by atoms with Gasteiger partial charge in [0, 0.05) is 31.6 Å². The first-order valence-corrected chi connectivity index (χ1v) is 8.44. The van der Waals surface area contributed by atoms with Crippen LogP contribution in [0.25, 0.3) is 0 Å². The maximum Gasteiger partial charge on any atom is 0.226 e. The summed E-state index contributed by atoms with van der Waals surface area (Å²) in [5.41, 5.74) is 0.712. The Hall–Kier alpha value is -0.140. The molecule has 0 bridgehead atoms. The molecule has 4 heteroatoms. The minimum absolute atomic E-state index is 0.260. The maximum absolute atomic E-state index is 12.6. The third-order valence-corrected chi connectivity index (χ3v) is 5.50. The van der Waals surface area contributed by atoms with Crippen molar-refractivity contribution < 1.29 is 4.79 Å². The summed E-state index contributed by atoms with van der Waals surface area (Å²) in [6.07, 6.45) is 3.34. The fourth-order valence-electron chi connectivity index (χ4n) is 3.37. The van der Waals surface area contributed by atoms with Crippen LogP contribution in [-0.4, -0.2) is 53.6 Å². The van der Waals surface area contributed by atoms with E-state index in [-0.39, 0.29) is 5.92 Å². The Morgan fingerprint density at radius 1 is 1.16 bits per heavy atom. The molecular formula is C15H29N2OP. The van der Waals surface area contributed by atoms with Crippen molar-refractivity contribution in [3.63, 3.8) is 0 Å². The lowest BCUT2D eigenvalue weighted by atomic mass is 9.85. The van der Waals surface area contributed by atoms with Gasteiger partial charge in [-0.3, -0.25) is 4.79 Å². The van der Waals surface area contributed by atoms with Crippen LogP contribution in [0.1, 0.15) is 40.0 Å². The van der Waals surface area contributed by atoms with Crippen molar-refractivity contribution in [2.75, 3.05) is 26.2 Å². The molecule has 2 saturated heterocycles. The molecule has 3 atom stereocenters. The maximum atomic E-state index is 12.6. The fourth-order valence-corrected chi connectivity index (χ4v) is 3.67. The van der Waals surface area contributed by atoms with Crippen molar-refractivity contribution in [2.24, 2.45) is 11.8 Å². The number of carbonyl (C=O) groups is 1. The molecular weight excluding hydrogens is 255 g/mol. The molecule has 0 saturated carbocycles. The Morgan fingerprint density at radius 3 is 2.32 bits per heavy atom. The zero-order valence-corrected chi connectivity index (χ0v) is 13.8. The van der Waals surface area contributed by atoms with Gasteiger partial charge >= 0.3 is 0 Å². The average Bonchev–Trinajstić information content (AvgIpc) is 2.38.